The van der Waals surface area contributed by atoms with Crippen LogP contribution in [0.2, 0.25) is 0 Å². The van der Waals surface area contributed by atoms with Crippen molar-refractivity contribution >= 4 is 33.6 Å². The molecule has 0 bridgehead atoms. The highest BCUT2D eigenvalue weighted by atomic mass is 79.9. The van der Waals surface area contributed by atoms with Gasteiger partial charge in [0, 0.05) is 10.2 Å². The highest BCUT2D eigenvalue weighted by Crippen LogP contribution is 2.19. The fourth-order valence-corrected chi connectivity index (χ4v) is 1.77. The minimum atomic E-state index is -0.597. The Labute approximate surface area is 114 Å². The Morgan fingerprint density at radius 3 is 2.72 bits per heavy atom. The first kappa shape index (κ1) is 14.5. The summed E-state index contributed by atoms with van der Waals surface area (Å²) in [4.78, 5) is 22.6. The predicted octanol–water partition coefficient (Wildman–Crippen LogP) is 2.44. The summed E-state index contributed by atoms with van der Waals surface area (Å²) in [7, 11) is 0. The molecule has 98 valence electrons. The lowest BCUT2D eigenvalue weighted by Gasteiger charge is -2.09. The zero-order chi connectivity index (χ0) is 13.5. The van der Waals surface area contributed by atoms with Gasteiger partial charge in [0.25, 0.3) is 0 Å². The van der Waals surface area contributed by atoms with E-state index in [-0.39, 0.29) is 19.1 Å². The van der Waals surface area contributed by atoms with Crippen LogP contribution >= 0.6 is 15.9 Å². The maximum atomic E-state index is 11.6. The number of aryl methyl sites for hydroxylation is 1. The fraction of sp³-hybridized carbons (Fsp3) is 0.333. The summed E-state index contributed by atoms with van der Waals surface area (Å²) < 4.78 is 5.59. The second-order valence-electron chi connectivity index (χ2n) is 3.58. The molecule has 5 nitrogen and oxygen atoms in total. The van der Waals surface area contributed by atoms with Gasteiger partial charge in [0.15, 0.2) is 0 Å². The first-order valence-corrected chi connectivity index (χ1v) is 6.29. The van der Waals surface area contributed by atoms with Gasteiger partial charge in [-0.25, -0.2) is 4.79 Å². The van der Waals surface area contributed by atoms with Crippen LogP contribution in [0, 0.1) is 6.92 Å². The average Bonchev–Trinajstić information content (AvgIpc) is 2.31. The molecule has 0 fully saturated rings. The number of benzene rings is 1. The van der Waals surface area contributed by atoms with Crippen molar-refractivity contribution in [1.29, 1.82) is 0 Å². The molecule has 0 saturated carbocycles. The van der Waals surface area contributed by atoms with E-state index in [2.05, 4.69) is 31.3 Å². The minimum Gasteiger partial charge on any atom is -0.450 e. The van der Waals surface area contributed by atoms with Gasteiger partial charge in [-0.05, 0) is 37.6 Å². The van der Waals surface area contributed by atoms with E-state index in [0.717, 1.165) is 10.0 Å². The standard InChI is InChI=1S/C12H15BrN2O3/c1-3-18-12(17)14-7-11(16)15-10-5-4-9(13)6-8(10)2/h4-6H,3,7H2,1-2H3,(H,14,17)(H,15,16). The van der Waals surface area contributed by atoms with Crippen LogP contribution in [-0.4, -0.2) is 25.2 Å². The van der Waals surface area contributed by atoms with E-state index in [0.29, 0.717) is 5.69 Å². The van der Waals surface area contributed by atoms with Gasteiger partial charge in [0.05, 0.1) is 6.61 Å². The Morgan fingerprint density at radius 2 is 2.11 bits per heavy atom. The number of alkyl carbamates (subject to hydrolysis) is 1. The van der Waals surface area contributed by atoms with Crippen molar-refractivity contribution in [3.05, 3.63) is 28.2 Å². The Hall–Kier alpha value is -1.56. The second-order valence-corrected chi connectivity index (χ2v) is 4.50. The molecule has 0 heterocycles. The molecular formula is C12H15BrN2O3. The van der Waals surface area contributed by atoms with Gasteiger partial charge in [0.1, 0.15) is 6.54 Å². The number of carbonyl (C=O) groups excluding carboxylic acids is 2. The molecule has 0 saturated heterocycles. The smallest absolute Gasteiger partial charge is 0.407 e. The number of amides is 2. The molecule has 2 N–H and O–H groups in total. The molecule has 6 heteroatoms. The largest absolute Gasteiger partial charge is 0.450 e. The van der Waals surface area contributed by atoms with E-state index in [4.69, 9.17) is 0 Å². The van der Waals surface area contributed by atoms with Crippen molar-refractivity contribution in [2.45, 2.75) is 13.8 Å². The van der Waals surface area contributed by atoms with Gasteiger partial charge < -0.3 is 15.4 Å². The van der Waals surface area contributed by atoms with Crippen LogP contribution in [0.3, 0.4) is 0 Å². The number of halogens is 1. The van der Waals surface area contributed by atoms with Crippen LogP contribution in [0.25, 0.3) is 0 Å². The van der Waals surface area contributed by atoms with Crippen LogP contribution < -0.4 is 10.6 Å². The molecule has 0 atom stereocenters. The van der Waals surface area contributed by atoms with Crippen LogP contribution in [0.5, 0.6) is 0 Å². The quantitative estimate of drug-likeness (QED) is 0.897. The number of anilines is 1. The Balaban J connectivity index is 2.47. The molecular weight excluding hydrogens is 300 g/mol. The maximum absolute atomic E-state index is 11.6. The first-order chi connectivity index (χ1) is 8.52. The molecule has 0 radical (unpaired) electrons. The minimum absolute atomic E-state index is 0.117. The Bertz CT molecular complexity index is 449. The van der Waals surface area contributed by atoms with Crippen LogP contribution in [0.1, 0.15) is 12.5 Å². The van der Waals surface area contributed by atoms with Gasteiger partial charge in [-0.2, -0.15) is 0 Å². The molecule has 0 aliphatic carbocycles. The topological polar surface area (TPSA) is 67.4 Å². The molecule has 0 aliphatic heterocycles. The SMILES string of the molecule is CCOC(=O)NCC(=O)Nc1ccc(Br)cc1C. The van der Waals surface area contributed by atoms with Crippen molar-refractivity contribution in [2.24, 2.45) is 0 Å². The zero-order valence-electron chi connectivity index (χ0n) is 10.2. The van der Waals surface area contributed by atoms with Crippen molar-refractivity contribution in [3.8, 4) is 0 Å². The summed E-state index contributed by atoms with van der Waals surface area (Å²) >= 11 is 3.34. The molecule has 2 amide bonds. The molecule has 0 aliphatic rings. The molecule has 1 aromatic carbocycles. The summed E-state index contributed by atoms with van der Waals surface area (Å²) in [5, 5.41) is 5.06. The van der Waals surface area contributed by atoms with Gasteiger partial charge >= 0.3 is 6.09 Å². The van der Waals surface area contributed by atoms with Gasteiger partial charge in [-0.1, -0.05) is 15.9 Å². The predicted molar refractivity (Wildman–Crippen MR) is 72.5 cm³/mol. The van der Waals surface area contributed by atoms with E-state index in [1.54, 1.807) is 13.0 Å². The average molecular weight is 315 g/mol. The number of nitrogens with one attached hydrogen (secondary N) is 2. The van der Waals surface area contributed by atoms with Gasteiger partial charge in [-0.15, -0.1) is 0 Å². The van der Waals surface area contributed by atoms with Crippen LogP contribution in [0.15, 0.2) is 22.7 Å². The highest BCUT2D eigenvalue weighted by molar-refractivity contribution is 9.10. The number of hydrogen-bond acceptors (Lipinski definition) is 3. The number of carbonyl (C=O) groups is 2. The monoisotopic (exact) mass is 314 g/mol. The summed E-state index contributed by atoms with van der Waals surface area (Å²) in [6.07, 6.45) is -0.597. The Kier molecular flexibility index (Phi) is 5.64. The second kappa shape index (κ2) is 7.00. The number of hydrogen-bond donors (Lipinski definition) is 2. The highest BCUT2D eigenvalue weighted by Gasteiger charge is 2.07. The summed E-state index contributed by atoms with van der Waals surface area (Å²) in [5.74, 6) is -0.298. The van der Waals surface area contributed by atoms with E-state index in [9.17, 15) is 9.59 Å². The summed E-state index contributed by atoms with van der Waals surface area (Å²) in [5.41, 5.74) is 1.66. The maximum Gasteiger partial charge on any atom is 0.407 e. The normalized spacial score (nSPS) is 9.72. The van der Waals surface area contributed by atoms with E-state index in [1.165, 1.54) is 0 Å². The molecule has 0 unspecified atom stereocenters. The molecule has 18 heavy (non-hydrogen) atoms. The first-order valence-electron chi connectivity index (χ1n) is 5.49. The van der Waals surface area contributed by atoms with E-state index in [1.807, 2.05) is 19.1 Å². The summed E-state index contributed by atoms with van der Waals surface area (Å²) in [6, 6.07) is 5.53. The number of rotatable bonds is 4. The van der Waals surface area contributed by atoms with Crippen molar-refractivity contribution in [2.75, 3.05) is 18.5 Å². The molecule has 1 aromatic rings. The van der Waals surface area contributed by atoms with E-state index >= 15 is 0 Å². The van der Waals surface area contributed by atoms with Crippen molar-refractivity contribution in [3.63, 3.8) is 0 Å². The van der Waals surface area contributed by atoms with Gasteiger partial charge in [0.2, 0.25) is 5.91 Å². The third kappa shape index (κ3) is 4.75. The van der Waals surface area contributed by atoms with Crippen molar-refractivity contribution in [1.82, 2.24) is 5.32 Å². The zero-order valence-corrected chi connectivity index (χ0v) is 11.8. The number of ether oxygens (including phenoxy) is 1. The Morgan fingerprint density at radius 1 is 1.39 bits per heavy atom. The van der Waals surface area contributed by atoms with Crippen molar-refractivity contribution < 1.29 is 14.3 Å². The fourth-order valence-electron chi connectivity index (χ4n) is 1.30. The molecule has 0 aromatic heterocycles. The van der Waals surface area contributed by atoms with E-state index < -0.39 is 6.09 Å². The molecule has 1 rings (SSSR count). The lowest BCUT2D eigenvalue weighted by Crippen LogP contribution is -2.33. The van der Waals surface area contributed by atoms with Gasteiger partial charge in [-0.3, -0.25) is 4.79 Å². The third-order valence-electron chi connectivity index (χ3n) is 2.13. The lowest BCUT2D eigenvalue weighted by atomic mass is 10.2. The molecule has 0 spiro atoms. The summed E-state index contributed by atoms with van der Waals surface area (Å²) in [6.45, 7) is 3.75. The van der Waals surface area contributed by atoms with Crippen LogP contribution in [0.4, 0.5) is 10.5 Å². The van der Waals surface area contributed by atoms with Crippen LogP contribution in [-0.2, 0) is 9.53 Å². The lowest BCUT2D eigenvalue weighted by molar-refractivity contribution is -0.115. The third-order valence-corrected chi connectivity index (χ3v) is 2.62.